The second-order valence-electron chi connectivity index (χ2n) is 4.62. The van der Waals surface area contributed by atoms with E-state index in [0.29, 0.717) is 17.8 Å². The molecule has 1 fully saturated rings. The zero-order valence-corrected chi connectivity index (χ0v) is 10.9. The smallest absolute Gasteiger partial charge is 0.258 e. The number of nitrogens with two attached hydrogens (primary N) is 1. The minimum Gasteiger partial charge on any atom is -0.381 e. The van der Waals surface area contributed by atoms with Crippen LogP contribution in [0.2, 0.25) is 0 Å². The molecule has 9 nitrogen and oxygen atoms in total. The first kappa shape index (κ1) is 12.7. The van der Waals surface area contributed by atoms with E-state index >= 15 is 0 Å². The Balaban J connectivity index is 1.69. The number of aromatic nitrogens is 6. The van der Waals surface area contributed by atoms with E-state index < -0.39 is 0 Å². The van der Waals surface area contributed by atoms with Crippen molar-refractivity contribution in [3.05, 3.63) is 12.7 Å². The molecule has 0 aliphatic carbocycles. The van der Waals surface area contributed by atoms with Crippen LogP contribution in [0, 0.1) is 5.92 Å². The van der Waals surface area contributed by atoms with E-state index in [1.54, 1.807) is 0 Å². The fraction of sp³-hybridized carbons (Fsp3) is 0.545. The van der Waals surface area contributed by atoms with Crippen LogP contribution in [0.1, 0.15) is 12.8 Å². The summed E-state index contributed by atoms with van der Waals surface area (Å²) in [5.74, 6) is 1.40. The van der Waals surface area contributed by atoms with E-state index in [1.807, 2.05) is 0 Å². The highest BCUT2D eigenvalue weighted by molar-refractivity contribution is 5.34. The van der Waals surface area contributed by atoms with E-state index in [-0.39, 0.29) is 5.95 Å². The number of nitrogen functional groups attached to an aromatic ring is 1. The van der Waals surface area contributed by atoms with Gasteiger partial charge in [-0.05, 0) is 18.8 Å². The molecule has 20 heavy (non-hydrogen) atoms. The first-order chi connectivity index (χ1) is 9.81. The lowest BCUT2D eigenvalue weighted by atomic mass is 10.0. The Kier molecular flexibility index (Phi) is 3.68. The van der Waals surface area contributed by atoms with Gasteiger partial charge in [0.15, 0.2) is 0 Å². The number of ether oxygens (including phenoxy) is 1. The molecular formula is C11H16N8O. The average Bonchev–Trinajstić information content (AvgIpc) is 3.00. The van der Waals surface area contributed by atoms with Gasteiger partial charge in [0, 0.05) is 13.2 Å². The van der Waals surface area contributed by atoms with Gasteiger partial charge in [-0.25, -0.2) is 4.98 Å². The van der Waals surface area contributed by atoms with Gasteiger partial charge in [-0.1, -0.05) is 0 Å². The van der Waals surface area contributed by atoms with Gasteiger partial charge in [-0.3, -0.25) is 0 Å². The van der Waals surface area contributed by atoms with E-state index in [2.05, 4.69) is 30.4 Å². The Labute approximate surface area is 115 Å². The summed E-state index contributed by atoms with van der Waals surface area (Å²) in [6, 6.07) is 0. The molecule has 0 saturated carbocycles. The Morgan fingerprint density at radius 1 is 1.40 bits per heavy atom. The Morgan fingerprint density at radius 2 is 2.35 bits per heavy atom. The minimum absolute atomic E-state index is 0.146. The maximum atomic E-state index is 5.69. The number of rotatable bonds is 4. The maximum absolute atomic E-state index is 5.69. The first-order valence-electron chi connectivity index (χ1n) is 6.49. The lowest BCUT2D eigenvalue weighted by Gasteiger charge is -2.22. The van der Waals surface area contributed by atoms with Crippen molar-refractivity contribution in [1.29, 1.82) is 0 Å². The van der Waals surface area contributed by atoms with Crippen molar-refractivity contribution >= 4 is 11.9 Å². The molecule has 2 aromatic rings. The van der Waals surface area contributed by atoms with Crippen LogP contribution in [0.4, 0.5) is 11.9 Å². The van der Waals surface area contributed by atoms with Crippen molar-refractivity contribution in [3.8, 4) is 5.95 Å². The topological polar surface area (TPSA) is 117 Å². The van der Waals surface area contributed by atoms with Crippen molar-refractivity contribution in [2.24, 2.45) is 5.92 Å². The number of anilines is 2. The summed E-state index contributed by atoms with van der Waals surface area (Å²) in [5.41, 5.74) is 5.69. The number of nitrogens with one attached hydrogen (secondary N) is 1. The van der Waals surface area contributed by atoms with E-state index in [1.165, 1.54) is 17.3 Å². The normalized spacial score (nSPS) is 18.9. The van der Waals surface area contributed by atoms with Crippen molar-refractivity contribution in [2.75, 3.05) is 30.8 Å². The number of hydrogen-bond acceptors (Lipinski definition) is 8. The predicted molar refractivity (Wildman–Crippen MR) is 71.2 cm³/mol. The van der Waals surface area contributed by atoms with E-state index in [9.17, 15) is 0 Å². The third kappa shape index (κ3) is 2.99. The average molecular weight is 276 g/mol. The largest absolute Gasteiger partial charge is 0.381 e. The molecule has 106 valence electrons. The van der Waals surface area contributed by atoms with Gasteiger partial charge in [0.25, 0.3) is 5.95 Å². The third-order valence-corrected chi connectivity index (χ3v) is 3.07. The molecule has 1 atom stereocenters. The number of nitrogens with zero attached hydrogens (tertiary/aromatic N) is 6. The van der Waals surface area contributed by atoms with Crippen LogP contribution in [0.5, 0.6) is 0 Å². The molecular weight excluding hydrogens is 260 g/mol. The van der Waals surface area contributed by atoms with Crippen LogP contribution in [0.15, 0.2) is 12.7 Å². The second kappa shape index (κ2) is 5.78. The molecule has 0 amide bonds. The van der Waals surface area contributed by atoms with Gasteiger partial charge in [0.05, 0.1) is 6.61 Å². The zero-order chi connectivity index (χ0) is 13.8. The van der Waals surface area contributed by atoms with E-state index in [0.717, 1.165) is 32.6 Å². The van der Waals surface area contributed by atoms with Crippen LogP contribution in [0.3, 0.4) is 0 Å². The lowest BCUT2D eigenvalue weighted by molar-refractivity contribution is 0.0594. The molecule has 0 bridgehead atoms. The molecule has 1 aliphatic rings. The van der Waals surface area contributed by atoms with Gasteiger partial charge in [0.2, 0.25) is 11.9 Å². The molecule has 3 N–H and O–H groups in total. The Hall–Kier alpha value is -2.29. The molecule has 1 saturated heterocycles. The molecule has 1 aliphatic heterocycles. The minimum atomic E-state index is 0.146. The van der Waals surface area contributed by atoms with Gasteiger partial charge in [-0.15, -0.1) is 0 Å². The molecule has 3 heterocycles. The van der Waals surface area contributed by atoms with Crippen LogP contribution >= 0.6 is 0 Å². The Bertz CT molecular complexity index is 552. The summed E-state index contributed by atoms with van der Waals surface area (Å²) in [6.45, 7) is 2.37. The molecule has 9 heteroatoms. The summed E-state index contributed by atoms with van der Waals surface area (Å²) in [4.78, 5) is 16.2. The van der Waals surface area contributed by atoms with E-state index in [4.69, 9.17) is 10.5 Å². The highest BCUT2D eigenvalue weighted by atomic mass is 16.5. The summed E-state index contributed by atoms with van der Waals surface area (Å²) in [7, 11) is 0. The van der Waals surface area contributed by atoms with Crippen LogP contribution < -0.4 is 11.1 Å². The monoisotopic (exact) mass is 276 g/mol. The fourth-order valence-corrected chi connectivity index (χ4v) is 2.08. The standard InChI is InChI=1S/C11H16N8O/c12-9-16-10(14-4-8-2-1-3-20-5-8)18-11(17-9)19-7-13-6-15-19/h6-8H,1-5H2,(H3,12,14,16,17,18). The van der Waals surface area contributed by atoms with Crippen molar-refractivity contribution < 1.29 is 4.74 Å². The van der Waals surface area contributed by atoms with Crippen LogP contribution in [-0.2, 0) is 4.74 Å². The highest BCUT2D eigenvalue weighted by Gasteiger charge is 2.14. The highest BCUT2D eigenvalue weighted by Crippen LogP contribution is 2.14. The molecule has 3 rings (SSSR count). The zero-order valence-electron chi connectivity index (χ0n) is 10.9. The number of hydrogen-bond donors (Lipinski definition) is 2. The second-order valence-corrected chi connectivity index (χ2v) is 4.62. The third-order valence-electron chi connectivity index (χ3n) is 3.07. The van der Waals surface area contributed by atoms with Gasteiger partial charge < -0.3 is 15.8 Å². The summed E-state index contributed by atoms with van der Waals surface area (Å²) < 4.78 is 6.87. The van der Waals surface area contributed by atoms with Crippen molar-refractivity contribution in [1.82, 2.24) is 29.7 Å². The summed E-state index contributed by atoms with van der Waals surface area (Å²) in [5, 5.41) is 7.14. The maximum Gasteiger partial charge on any atom is 0.258 e. The lowest BCUT2D eigenvalue weighted by Crippen LogP contribution is -2.25. The van der Waals surface area contributed by atoms with Gasteiger partial charge in [0.1, 0.15) is 12.7 Å². The van der Waals surface area contributed by atoms with Crippen LogP contribution in [-0.4, -0.2) is 49.5 Å². The van der Waals surface area contributed by atoms with Gasteiger partial charge >= 0.3 is 0 Å². The molecule has 1 unspecified atom stereocenters. The molecule has 0 spiro atoms. The van der Waals surface area contributed by atoms with Crippen molar-refractivity contribution in [2.45, 2.75) is 12.8 Å². The summed E-state index contributed by atoms with van der Waals surface area (Å²) >= 11 is 0. The molecule has 2 aromatic heterocycles. The first-order valence-corrected chi connectivity index (χ1v) is 6.49. The Morgan fingerprint density at radius 3 is 3.10 bits per heavy atom. The van der Waals surface area contributed by atoms with Crippen molar-refractivity contribution in [3.63, 3.8) is 0 Å². The quantitative estimate of drug-likeness (QED) is 0.793. The molecule has 0 radical (unpaired) electrons. The SMILES string of the molecule is Nc1nc(NCC2CCCOC2)nc(-n2cncn2)n1. The van der Waals surface area contributed by atoms with Gasteiger partial charge in [-0.2, -0.15) is 24.7 Å². The fourth-order valence-electron chi connectivity index (χ4n) is 2.08. The van der Waals surface area contributed by atoms with Crippen LogP contribution in [0.25, 0.3) is 5.95 Å². The predicted octanol–water partition coefficient (Wildman–Crippen LogP) is -0.127. The summed E-state index contributed by atoms with van der Waals surface area (Å²) in [6.07, 6.45) is 5.15. The molecule has 0 aromatic carbocycles.